The van der Waals surface area contributed by atoms with Crippen LogP contribution in [0.25, 0.3) is 0 Å². The van der Waals surface area contributed by atoms with Crippen LogP contribution in [0.5, 0.6) is 0 Å². The van der Waals surface area contributed by atoms with Crippen LogP contribution in [0.1, 0.15) is 34.3 Å². The Morgan fingerprint density at radius 2 is 1.67 bits per heavy atom. The van der Waals surface area contributed by atoms with Crippen LogP contribution < -0.4 is 10.9 Å². The SMILES string of the molecule is CC(c1ccccc1)c1cccc(S(N)(=O)=O)c1C(N)=O. The van der Waals surface area contributed by atoms with Gasteiger partial charge in [0.2, 0.25) is 15.9 Å². The van der Waals surface area contributed by atoms with Crippen LogP contribution in [0.3, 0.4) is 0 Å². The number of rotatable bonds is 4. The highest BCUT2D eigenvalue weighted by Gasteiger charge is 2.24. The number of primary amides is 1. The molecule has 0 radical (unpaired) electrons. The van der Waals surface area contributed by atoms with Crippen LogP contribution in [-0.2, 0) is 10.0 Å². The molecule has 1 unspecified atom stereocenters. The topological polar surface area (TPSA) is 103 Å². The Labute approximate surface area is 123 Å². The van der Waals surface area contributed by atoms with Gasteiger partial charge >= 0.3 is 0 Å². The van der Waals surface area contributed by atoms with E-state index in [0.717, 1.165) is 5.56 Å². The third-order valence-electron chi connectivity index (χ3n) is 3.38. The van der Waals surface area contributed by atoms with Gasteiger partial charge in [-0.15, -0.1) is 0 Å². The Hall–Kier alpha value is -2.18. The van der Waals surface area contributed by atoms with E-state index in [4.69, 9.17) is 10.9 Å². The Morgan fingerprint density at radius 3 is 2.19 bits per heavy atom. The van der Waals surface area contributed by atoms with Crippen molar-refractivity contribution in [3.05, 3.63) is 65.2 Å². The molecule has 21 heavy (non-hydrogen) atoms. The van der Waals surface area contributed by atoms with Gasteiger partial charge in [-0.05, 0) is 17.2 Å². The lowest BCUT2D eigenvalue weighted by Crippen LogP contribution is -2.23. The molecule has 0 aliphatic heterocycles. The number of amides is 1. The first-order chi connectivity index (χ1) is 9.82. The summed E-state index contributed by atoms with van der Waals surface area (Å²) in [6, 6.07) is 14.0. The molecule has 0 saturated heterocycles. The van der Waals surface area contributed by atoms with Crippen LogP contribution in [0, 0.1) is 0 Å². The number of carbonyl (C=O) groups is 1. The highest BCUT2D eigenvalue weighted by atomic mass is 32.2. The Kier molecular flexibility index (Phi) is 4.11. The molecule has 4 N–H and O–H groups in total. The van der Waals surface area contributed by atoms with Gasteiger partial charge in [0.05, 0.1) is 10.5 Å². The number of nitrogens with two attached hydrogens (primary N) is 2. The van der Waals surface area contributed by atoms with Crippen molar-refractivity contribution in [2.24, 2.45) is 10.9 Å². The van der Waals surface area contributed by atoms with Crippen LogP contribution in [-0.4, -0.2) is 14.3 Å². The van der Waals surface area contributed by atoms with Crippen LogP contribution >= 0.6 is 0 Å². The molecule has 2 aromatic rings. The fourth-order valence-corrected chi connectivity index (χ4v) is 3.10. The maximum Gasteiger partial charge on any atom is 0.250 e. The van der Waals surface area contributed by atoms with Crippen LogP contribution in [0.2, 0.25) is 0 Å². The predicted molar refractivity (Wildman–Crippen MR) is 80.3 cm³/mol. The largest absolute Gasteiger partial charge is 0.366 e. The van der Waals surface area contributed by atoms with Crippen molar-refractivity contribution in [3.63, 3.8) is 0 Å². The van der Waals surface area contributed by atoms with Crippen LogP contribution in [0.15, 0.2) is 53.4 Å². The molecule has 0 heterocycles. The van der Waals surface area contributed by atoms with Crippen LogP contribution in [0.4, 0.5) is 0 Å². The molecule has 1 amide bonds. The monoisotopic (exact) mass is 304 g/mol. The minimum absolute atomic E-state index is 0.0450. The number of primary sulfonamides is 1. The van der Waals surface area contributed by atoms with Gasteiger partial charge in [0, 0.05) is 5.92 Å². The zero-order valence-electron chi connectivity index (χ0n) is 11.5. The fourth-order valence-electron chi connectivity index (χ4n) is 2.33. The number of benzene rings is 2. The maximum atomic E-state index is 11.7. The first-order valence-electron chi connectivity index (χ1n) is 6.33. The van der Waals surface area contributed by atoms with E-state index in [1.165, 1.54) is 6.07 Å². The van der Waals surface area contributed by atoms with Gasteiger partial charge in [-0.25, -0.2) is 13.6 Å². The van der Waals surface area contributed by atoms with Gasteiger partial charge in [-0.1, -0.05) is 49.4 Å². The summed E-state index contributed by atoms with van der Waals surface area (Å²) in [7, 11) is -4.02. The quantitative estimate of drug-likeness (QED) is 0.896. The molecule has 1 atom stereocenters. The number of hydrogen-bond donors (Lipinski definition) is 2. The van der Waals surface area contributed by atoms with Gasteiger partial charge in [0.15, 0.2) is 0 Å². The number of sulfonamides is 1. The minimum atomic E-state index is -4.02. The third kappa shape index (κ3) is 3.12. The van der Waals surface area contributed by atoms with Crippen molar-refractivity contribution >= 4 is 15.9 Å². The number of hydrogen-bond acceptors (Lipinski definition) is 3. The molecule has 0 saturated carbocycles. The summed E-state index contributed by atoms with van der Waals surface area (Å²) >= 11 is 0. The van der Waals surface area contributed by atoms with E-state index in [0.29, 0.717) is 5.56 Å². The molecule has 0 bridgehead atoms. The van der Waals surface area contributed by atoms with E-state index in [2.05, 4.69) is 0 Å². The second-order valence-corrected chi connectivity index (χ2v) is 6.29. The summed E-state index contributed by atoms with van der Waals surface area (Å²) in [6.45, 7) is 1.88. The molecule has 2 aromatic carbocycles. The van der Waals surface area contributed by atoms with Gasteiger partial charge in [0.1, 0.15) is 0 Å². The van der Waals surface area contributed by atoms with E-state index in [-0.39, 0.29) is 16.4 Å². The highest BCUT2D eigenvalue weighted by molar-refractivity contribution is 7.89. The van der Waals surface area contributed by atoms with Gasteiger partial charge in [-0.2, -0.15) is 0 Å². The van der Waals surface area contributed by atoms with Crippen molar-refractivity contribution in [3.8, 4) is 0 Å². The molecule has 0 spiro atoms. The maximum absolute atomic E-state index is 11.7. The summed E-state index contributed by atoms with van der Waals surface area (Å²) in [5, 5.41) is 5.17. The molecule has 2 rings (SSSR count). The molecule has 0 aliphatic carbocycles. The summed E-state index contributed by atoms with van der Waals surface area (Å²) < 4.78 is 23.3. The molecule has 6 heteroatoms. The zero-order valence-corrected chi connectivity index (χ0v) is 12.3. The standard InChI is InChI=1S/C15H16N2O3S/c1-10(11-6-3-2-4-7-11)12-8-5-9-13(21(17,19)20)14(12)15(16)18/h2-10H,1H3,(H2,16,18)(H2,17,19,20). The lowest BCUT2D eigenvalue weighted by molar-refractivity contribution is 0.0996. The Morgan fingerprint density at radius 1 is 1.05 bits per heavy atom. The zero-order chi connectivity index (χ0) is 15.6. The Balaban J connectivity index is 2.68. The molecular formula is C15H16N2O3S. The lowest BCUT2D eigenvalue weighted by atomic mass is 9.89. The van der Waals surface area contributed by atoms with Crippen molar-refractivity contribution in [2.45, 2.75) is 17.7 Å². The van der Waals surface area contributed by atoms with Gasteiger partial charge in [-0.3, -0.25) is 4.79 Å². The molecule has 0 aromatic heterocycles. The van der Waals surface area contributed by atoms with E-state index in [9.17, 15) is 13.2 Å². The summed E-state index contributed by atoms with van der Waals surface area (Å²) in [6.07, 6.45) is 0. The van der Waals surface area contributed by atoms with E-state index < -0.39 is 15.9 Å². The van der Waals surface area contributed by atoms with Crippen molar-refractivity contribution in [1.82, 2.24) is 0 Å². The normalized spacial score (nSPS) is 12.9. The molecule has 0 fully saturated rings. The Bertz CT molecular complexity index is 771. The smallest absolute Gasteiger partial charge is 0.250 e. The summed E-state index contributed by atoms with van der Waals surface area (Å²) in [5.41, 5.74) is 6.82. The van der Waals surface area contributed by atoms with Crippen molar-refractivity contribution in [1.29, 1.82) is 0 Å². The molecule has 5 nitrogen and oxygen atoms in total. The van der Waals surface area contributed by atoms with E-state index in [1.807, 2.05) is 37.3 Å². The third-order valence-corrected chi connectivity index (χ3v) is 4.33. The van der Waals surface area contributed by atoms with Gasteiger partial charge in [0.25, 0.3) is 0 Å². The first-order valence-corrected chi connectivity index (χ1v) is 7.87. The highest BCUT2D eigenvalue weighted by Crippen LogP contribution is 2.29. The average molecular weight is 304 g/mol. The van der Waals surface area contributed by atoms with E-state index in [1.54, 1.807) is 12.1 Å². The molecular weight excluding hydrogens is 288 g/mol. The van der Waals surface area contributed by atoms with Crippen molar-refractivity contribution < 1.29 is 13.2 Å². The summed E-state index contributed by atoms with van der Waals surface area (Å²) in [4.78, 5) is 11.5. The molecule has 0 aliphatic rings. The average Bonchev–Trinajstić information content (AvgIpc) is 2.45. The number of carbonyl (C=O) groups excluding carboxylic acids is 1. The van der Waals surface area contributed by atoms with E-state index >= 15 is 0 Å². The second kappa shape index (κ2) is 5.67. The predicted octanol–water partition coefficient (Wildman–Crippen LogP) is 1.58. The van der Waals surface area contributed by atoms with Crippen molar-refractivity contribution in [2.75, 3.05) is 0 Å². The van der Waals surface area contributed by atoms with Gasteiger partial charge < -0.3 is 5.73 Å². The summed E-state index contributed by atoms with van der Waals surface area (Å²) in [5.74, 6) is -0.993. The molecule has 110 valence electrons. The lowest BCUT2D eigenvalue weighted by Gasteiger charge is -2.17. The fraction of sp³-hybridized carbons (Fsp3) is 0.133. The second-order valence-electron chi connectivity index (χ2n) is 4.76. The first kappa shape index (κ1) is 15.2. The minimum Gasteiger partial charge on any atom is -0.366 e.